The number of nitrogens with zero attached hydrogens (tertiary/aromatic N) is 2. The van der Waals surface area contributed by atoms with E-state index in [0.29, 0.717) is 36.8 Å². The molecule has 1 fully saturated rings. The topological polar surface area (TPSA) is 52.7 Å². The summed E-state index contributed by atoms with van der Waals surface area (Å²) in [6, 6.07) is 18.9. The van der Waals surface area contributed by atoms with Crippen LogP contribution in [0, 0.1) is 0 Å². The number of urea groups is 1. The fourth-order valence-corrected chi connectivity index (χ4v) is 4.43. The number of amides is 3. The van der Waals surface area contributed by atoms with Crippen LogP contribution in [0.25, 0.3) is 0 Å². The van der Waals surface area contributed by atoms with Crippen molar-refractivity contribution in [3.8, 4) is 0 Å². The summed E-state index contributed by atoms with van der Waals surface area (Å²) >= 11 is 7.83. The van der Waals surface area contributed by atoms with E-state index >= 15 is 0 Å². The second kappa shape index (κ2) is 9.32. The number of carbonyl (C=O) groups excluding carboxylic acids is 2. The Morgan fingerprint density at radius 2 is 1.93 bits per heavy atom. The van der Waals surface area contributed by atoms with Crippen LogP contribution < -0.4 is 10.2 Å². The summed E-state index contributed by atoms with van der Waals surface area (Å²) in [6.07, 6.45) is 1.21. The van der Waals surface area contributed by atoms with Crippen molar-refractivity contribution in [1.82, 2.24) is 4.90 Å². The Balaban J connectivity index is 1.45. The number of nitrogens with one attached hydrogen (secondary N) is 1. The van der Waals surface area contributed by atoms with Crippen molar-refractivity contribution in [2.45, 2.75) is 19.4 Å². The molecule has 3 aromatic rings. The van der Waals surface area contributed by atoms with E-state index in [0.717, 1.165) is 22.5 Å². The summed E-state index contributed by atoms with van der Waals surface area (Å²) in [6.45, 7) is 1.81. The molecule has 1 aliphatic rings. The minimum absolute atomic E-state index is 0.0526. The summed E-state index contributed by atoms with van der Waals surface area (Å²) in [5.41, 5.74) is 2.40. The van der Waals surface area contributed by atoms with Gasteiger partial charge in [0.25, 0.3) is 0 Å². The van der Waals surface area contributed by atoms with Gasteiger partial charge in [-0.15, -0.1) is 11.3 Å². The maximum absolute atomic E-state index is 13.1. The first-order valence-electron chi connectivity index (χ1n) is 9.82. The Morgan fingerprint density at radius 1 is 1.07 bits per heavy atom. The van der Waals surface area contributed by atoms with Gasteiger partial charge in [0.15, 0.2) is 0 Å². The van der Waals surface area contributed by atoms with Gasteiger partial charge in [0.1, 0.15) is 0 Å². The van der Waals surface area contributed by atoms with Crippen molar-refractivity contribution >= 4 is 46.3 Å². The molecule has 0 radical (unpaired) electrons. The van der Waals surface area contributed by atoms with Crippen LogP contribution in [0.15, 0.2) is 66.0 Å². The molecule has 4 rings (SSSR count). The first-order chi connectivity index (χ1) is 14.6. The van der Waals surface area contributed by atoms with E-state index < -0.39 is 0 Å². The number of anilines is 2. The normalized spacial score (nSPS) is 14.1. The first-order valence-corrected chi connectivity index (χ1v) is 11.1. The first kappa shape index (κ1) is 20.4. The van der Waals surface area contributed by atoms with E-state index in [1.54, 1.807) is 16.2 Å². The number of halogens is 1. The summed E-state index contributed by atoms with van der Waals surface area (Å²) in [5, 5.41) is 5.55. The summed E-state index contributed by atoms with van der Waals surface area (Å²) in [7, 11) is 0. The van der Waals surface area contributed by atoms with Gasteiger partial charge in [0.05, 0.1) is 6.42 Å². The van der Waals surface area contributed by atoms with Crippen LogP contribution in [0.2, 0.25) is 5.02 Å². The zero-order chi connectivity index (χ0) is 20.9. The summed E-state index contributed by atoms with van der Waals surface area (Å²) < 4.78 is 0. The van der Waals surface area contributed by atoms with E-state index in [1.165, 1.54) is 0 Å². The SMILES string of the molecule is O=C(Cc1cccs1)Nc1cccc(N2CCCN(Cc3ccccc3Cl)C2=O)c1. The van der Waals surface area contributed by atoms with Crippen molar-refractivity contribution in [3.05, 3.63) is 81.5 Å². The van der Waals surface area contributed by atoms with Gasteiger partial charge < -0.3 is 10.2 Å². The van der Waals surface area contributed by atoms with Crippen molar-refractivity contribution in [1.29, 1.82) is 0 Å². The van der Waals surface area contributed by atoms with Crippen molar-refractivity contribution in [2.24, 2.45) is 0 Å². The molecular weight excluding hydrogens is 418 g/mol. The lowest BCUT2D eigenvalue weighted by molar-refractivity contribution is -0.115. The minimum Gasteiger partial charge on any atom is -0.326 e. The van der Waals surface area contributed by atoms with Crippen molar-refractivity contribution < 1.29 is 9.59 Å². The quantitative estimate of drug-likeness (QED) is 0.557. The minimum atomic E-state index is -0.0695. The Bertz CT molecular complexity index is 1040. The van der Waals surface area contributed by atoms with Gasteiger partial charge in [-0.05, 0) is 47.7 Å². The molecule has 0 saturated carbocycles. The Morgan fingerprint density at radius 3 is 2.73 bits per heavy atom. The molecule has 1 N–H and O–H groups in total. The maximum atomic E-state index is 13.1. The van der Waals surface area contributed by atoms with E-state index in [2.05, 4.69) is 5.32 Å². The average Bonchev–Trinajstić information content (AvgIpc) is 3.24. The Hall–Kier alpha value is -2.83. The van der Waals surface area contributed by atoms with Gasteiger partial charge in [-0.2, -0.15) is 0 Å². The lowest BCUT2D eigenvalue weighted by Crippen LogP contribution is -2.49. The van der Waals surface area contributed by atoms with E-state index in [-0.39, 0.29) is 11.9 Å². The Labute approximate surface area is 184 Å². The number of rotatable bonds is 6. The van der Waals surface area contributed by atoms with Gasteiger partial charge in [0, 0.05) is 40.9 Å². The highest BCUT2D eigenvalue weighted by molar-refractivity contribution is 7.10. The fourth-order valence-electron chi connectivity index (χ4n) is 3.53. The van der Waals surface area contributed by atoms with Crippen molar-refractivity contribution in [2.75, 3.05) is 23.3 Å². The predicted molar refractivity (Wildman–Crippen MR) is 122 cm³/mol. The molecule has 0 unspecified atom stereocenters. The number of hydrogen-bond acceptors (Lipinski definition) is 3. The Kier molecular flexibility index (Phi) is 6.35. The maximum Gasteiger partial charge on any atom is 0.324 e. The third-order valence-corrected chi connectivity index (χ3v) is 6.23. The van der Waals surface area contributed by atoms with Gasteiger partial charge >= 0.3 is 6.03 Å². The monoisotopic (exact) mass is 439 g/mol. The molecule has 5 nitrogen and oxygen atoms in total. The summed E-state index contributed by atoms with van der Waals surface area (Å²) in [5.74, 6) is -0.0695. The van der Waals surface area contributed by atoms with Crippen LogP contribution in [0.5, 0.6) is 0 Å². The molecule has 0 bridgehead atoms. The molecule has 7 heteroatoms. The van der Waals surface area contributed by atoms with Crippen LogP contribution >= 0.6 is 22.9 Å². The van der Waals surface area contributed by atoms with Gasteiger partial charge in [-0.1, -0.05) is 41.9 Å². The highest BCUT2D eigenvalue weighted by atomic mass is 35.5. The lowest BCUT2D eigenvalue weighted by atomic mass is 10.1. The van der Waals surface area contributed by atoms with Gasteiger partial charge in [0.2, 0.25) is 5.91 Å². The molecule has 30 heavy (non-hydrogen) atoms. The van der Waals surface area contributed by atoms with Gasteiger partial charge in [-0.3, -0.25) is 9.69 Å². The lowest BCUT2D eigenvalue weighted by Gasteiger charge is -2.36. The second-order valence-corrected chi connectivity index (χ2v) is 8.59. The van der Waals surface area contributed by atoms with E-state index in [1.807, 2.05) is 70.9 Å². The molecule has 1 saturated heterocycles. The fraction of sp³-hybridized carbons (Fsp3) is 0.217. The zero-order valence-electron chi connectivity index (χ0n) is 16.4. The van der Waals surface area contributed by atoms with E-state index in [9.17, 15) is 9.59 Å². The van der Waals surface area contributed by atoms with Crippen LogP contribution in [-0.4, -0.2) is 29.9 Å². The van der Waals surface area contributed by atoms with Gasteiger partial charge in [-0.25, -0.2) is 4.79 Å². The van der Waals surface area contributed by atoms with Crippen LogP contribution in [-0.2, 0) is 17.8 Å². The average molecular weight is 440 g/mol. The molecule has 2 heterocycles. The molecule has 1 aliphatic heterocycles. The third-order valence-electron chi connectivity index (χ3n) is 4.99. The van der Waals surface area contributed by atoms with Crippen LogP contribution in [0.1, 0.15) is 16.9 Å². The molecular formula is C23H22ClN3O2S. The second-order valence-electron chi connectivity index (χ2n) is 7.16. The molecule has 0 aliphatic carbocycles. The molecule has 154 valence electrons. The highest BCUT2D eigenvalue weighted by Crippen LogP contribution is 2.26. The predicted octanol–water partition coefficient (Wildman–Crippen LogP) is 5.42. The number of thiophene rings is 1. The molecule has 1 aromatic heterocycles. The van der Waals surface area contributed by atoms with E-state index in [4.69, 9.17) is 11.6 Å². The highest BCUT2D eigenvalue weighted by Gasteiger charge is 2.27. The van der Waals surface area contributed by atoms with Crippen molar-refractivity contribution in [3.63, 3.8) is 0 Å². The number of benzene rings is 2. The third kappa shape index (κ3) is 4.83. The zero-order valence-corrected chi connectivity index (χ0v) is 18.0. The van der Waals surface area contributed by atoms with Crippen LogP contribution in [0.4, 0.5) is 16.2 Å². The molecule has 3 amide bonds. The van der Waals surface area contributed by atoms with Crippen LogP contribution in [0.3, 0.4) is 0 Å². The molecule has 0 atom stereocenters. The standard InChI is InChI=1S/C23H22ClN3O2S/c24-21-10-2-1-6-17(21)16-26-11-5-12-27(23(26)29)19-8-3-7-18(14-19)25-22(28)15-20-9-4-13-30-20/h1-4,6-10,13-14H,5,11-12,15-16H2,(H,25,28). The largest absolute Gasteiger partial charge is 0.326 e. The molecule has 2 aromatic carbocycles. The number of hydrogen-bond donors (Lipinski definition) is 1. The smallest absolute Gasteiger partial charge is 0.324 e. The molecule has 0 spiro atoms. The number of carbonyl (C=O) groups is 2. The summed E-state index contributed by atoms with van der Waals surface area (Å²) in [4.78, 5) is 30.0.